The molecule has 0 saturated carbocycles. The molecule has 0 heterocycles. The summed E-state index contributed by atoms with van der Waals surface area (Å²) in [5, 5.41) is 3.36. The molecule has 3 rings (SSSR count). The average molecular weight is 593 g/mol. The fourth-order valence-corrected chi connectivity index (χ4v) is 5.83. The maximum atomic E-state index is 13.9. The average Bonchev–Trinajstić information content (AvgIpc) is 2.92. The topological polar surface area (TPSA) is 96.0 Å². The number of nitrogens with zero attached hydrogens (tertiary/aromatic N) is 2. The van der Waals surface area contributed by atoms with E-state index in [1.807, 2.05) is 6.92 Å². The van der Waals surface area contributed by atoms with Crippen molar-refractivity contribution in [3.8, 4) is 5.75 Å². The van der Waals surface area contributed by atoms with Crippen molar-refractivity contribution < 1.29 is 22.7 Å². The Morgan fingerprint density at radius 1 is 0.923 bits per heavy atom. The first-order valence-electron chi connectivity index (χ1n) is 12.4. The predicted octanol–water partition coefficient (Wildman–Crippen LogP) is 5.14. The Hall–Kier alpha value is -3.27. The maximum absolute atomic E-state index is 13.9. The van der Waals surface area contributed by atoms with E-state index in [4.69, 9.17) is 27.9 Å². The number of carbonyl (C=O) groups is 2. The molecule has 0 aliphatic heterocycles. The molecular weight excluding hydrogens is 561 g/mol. The van der Waals surface area contributed by atoms with Gasteiger partial charge in [0.15, 0.2) is 0 Å². The van der Waals surface area contributed by atoms with Crippen LogP contribution in [0.3, 0.4) is 0 Å². The molecule has 3 aromatic rings. The van der Waals surface area contributed by atoms with Crippen molar-refractivity contribution in [2.75, 3.05) is 24.0 Å². The molecule has 0 radical (unpaired) electrons. The van der Waals surface area contributed by atoms with Gasteiger partial charge in [-0.2, -0.15) is 0 Å². The van der Waals surface area contributed by atoms with Crippen molar-refractivity contribution in [3.05, 3.63) is 88.4 Å². The van der Waals surface area contributed by atoms with Gasteiger partial charge in [0.1, 0.15) is 18.3 Å². The number of halogens is 2. The summed E-state index contributed by atoms with van der Waals surface area (Å²) in [6.07, 6.45) is 0. The highest BCUT2D eigenvalue weighted by Crippen LogP contribution is 2.29. The molecule has 1 atom stereocenters. The number of benzene rings is 3. The lowest BCUT2D eigenvalue weighted by molar-refractivity contribution is -0.139. The third-order valence-corrected chi connectivity index (χ3v) is 8.45. The predicted molar refractivity (Wildman–Crippen MR) is 154 cm³/mol. The number of hydrogen-bond acceptors (Lipinski definition) is 5. The minimum absolute atomic E-state index is 0.0177. The third kappa shape index (κ3) is 7.44. The zero-order valence-corrected chi connectivity index (χ0v) is 24.3. The van der Waals surface area contributed by atoms with Gasteiger partial charge in [-0.3, -0.25) is 13.9 Å². The molecule has 0 saturated heterocycles. The molecule has 1 N–H and O–H groups in total. The maximum Gasteiger partial charge on any atom is 0.264 e. The van der Waals surface area contributed by atoms with Gasteiger partial charge < -0.3 is 15.0 Å². The van der Waals surface area contributed by atoms with Crippen LogP contribution in [-0.2, 0) is 26.2 Å². The lowest BCUT2D eigenvalue weighted by Crippen LogP contribution is -2.51. The summed E-state index contributed by atoms with van der Waals surface area (Å²) in [5.41, 5.74) is 0.709. The lowest BCUT2D eigenvalue weighted by atomic mass is 10.1. The molecule has 0 bridgehead atoms. The Morgan fingerprint density at radius 3 is 2.10 bits per heavy atom. The number of rotatable bonds is 12. The van der Waals surface area contributed by atoms with Crippen LogP contribution in [0, 0.1) is 0 Å². The highest BCUT2D eigenvalue weighted by molar-refractivity contribution is 7.92. The Balaban J connectivity index is 2.05. The van der Waals surface area contributed by atoms with E-state index in [2.05, 4.69) is 5.32 Å². The third-order valence-electron chi connectivity index (χ3n) is 5.95. The van der Waals surface area contributed by atoms with Crippen molar-refractivity contribution in [2.24, 2.45) is 0 Å². The van der Waals surface area contributed by atoms with Gasteiger partial charge in [0, 0.05) is 28.7 Å². The monoisotopic (exact) mass is 591 g/mol. The normalized spacial score (nSPS) is 11.9. The number of likely N-dealkylation sites (N-methyl/N-ethyl adjacent to an activating group) is 1. The van der Waals surface area contributed by atoms with E-state index in [1.165, 1.54) is 17.0 Å². The van der Waals surface area contributed by atoms with Gasteiger partial charge in [0.25, 0.3) is 10.0 Å². The summed E-state index contributed by atoms with van der Waals surface area (Å²) >= 11 is 12.8. The Kier molecular flexibility index (Phi) is 10.6. The Bertz CT molecular complexity index is 1370. The molecule has 0 aromatic heterocycles. The van der Waals surface area contributed by atoms with Crippen molar-refractivity contribution in [3.63, 3.8) is 0 Å². The van der Waals surface area contributed by atoms with Crippen LogP contribution in [0.15, 0.2) is 77.7 Å². The largest absolute Gasteiger partial charge is 0.494 e. The molecule has 2 amide bonds. The van der Waals surface area contributed by atoms with Crippen LogP contribution in [-0.4, -0.2) is 50.9 Å². The van der Waals surface area contributed by atoms with E-state index in [0.29, 0.717) is 34.5 Å². The summed E-state index contributed by atoms with van der Waals surface area (Å²) in [6.45, 7) is 5.31. The summed E-state index contributed by atoms with van der Waals surface area (Å²) in [4.78, 5) is 28.0. The van der Waals surface area contributed by atoms with Gasteiger partial charge in [-0.15, -0.1) is 0 Å². The molecule has 0 fully saturated rings. The standard InChI is InChI=1S/C28H31Cl2N3O5S/c1-4-31-28(35)20(3)32(18-24-25(29)12-9-13-26(24)30)27(34)19-33(21-14-16-22(17-15-21)38-5-2)39(36,37)23-10-7-6-8-11-23/h6-17,20H,4-5,18-19H2,1-3H3,(H,31,35)/t20-/m0/s1. The molecule has 208 valence electrons. The molecule has 8 nitrogen and oxygen atoms in total. The van der Waals surface area contributed by atoms with Crippen LogP contribution in [0.4, 0.5) is 5.69 Å². The van der Waals surface area contributed by atoms with Crippen molar-refractivity contribution in [2.45, 2.75) is 38.3 Å². The number of sulfonamides is 1. The van der Waals surface area contributed by atoms with Crippen LogP contribution >= 0.6 is 23.2 Å². The minimum atomic E-state index is -4.16. The van der Waals surface area contributed by atoms with Gasteiger partial charge >= 0.3 is 0 Å². The van der Waals surface area contributed by atoms with Gasteiger partial charge in [0.2, 0.25) is 11.8 Å². The molecule has 11 heteroatoms. The Labute approximate surface area is 239 Å². The van der Waals surface area contributed by atoms with E-state index in [-0.39, 0.29) is 17.1 Å². The van der Waals surface area contributed by atoms with E-state index >= 15 is 0 Å². The van der Waals surface area contributed by atoms with Crippen LogP contribution in [0.5, 0.6) is 5.75 Å². The van der Waals surface area contributed by atoms with E-state index in [9.17, 15) is 18.0 Å². The van der Waals surface area contributed by atoms with E-state index in [0.717, 1.165) is 4.31 Å². The fourth-order valence-electron chi connectivity index (χ4n) is 3.88. The van der Waals surface area contributed by atoms with Crippen molar-refractivity contribution >= 4 is 50.7 Å². The van der Waals surface area contributed by atoms with Crippen LogP contribution in [0.25, 0.3) is 0 Å². The second-order valence-electron chi connectivity index (χ2n) is 8.54. The number of ether oxygens (including phenoxy) is 1. The van der Waals surface area contributed by atoms with Gasteiger partial charge in [0.05, 0.1) is 17.2 Å². The SMILES string of the molecule is CCNC(=O)[C@H](C)N(Cc1c(Cl)cccc1Cl)C(=O)CN(c1ccc(OCC)cc1)S(=O)(=O)c1ccccc1. The van der Waals surface area contributed by atoms with Crippen LogP contribution in [0.2, 0.25) is 10.0 Å². The summed E-state index contributed by atoms with van der Waals surface area (Å²) in [5.74, 6) is -0.449. The number of anilines is 1. The van der Waals surface area contributed by atoms with Gasteiger partial charge in [-0.25, -0.2) is 8.42 Å². The van der Waals surface area contributed by atoms with Crippen molar-refractivity contribution in [1.82, 2.24) is 10.2 Å². The Morgan fingerprint density at radius 2 is 1.54 bits per heavy atom. The van der Waals surface area contributed by atoms with Crippen LogP contribution in [0.1, 0.15) is 26.3 Å². The number of amides is 2. The number of nitrogens with one attached hydrogen (secondary N) is 1. The second-order valence-corrected chi connectivity index (χ2v) is 11.2. The molecule has 0 unspecified atom stereocenters. The number of carbonyl (C=O) groups excluding carboxylic acids is 2. The molecule has 3 aromatic carbocycles. The van der Waals surface area contributed by atoms with Gasteiger partial charge in [-0.05, 0) is 69.3 Å². The lowest BCUT2D eigenvalue weighted by Gasteiger charge is -2.32. The first kappa shape index (κ1) is 30.3. The summed E-state index contributed by atoms with van der Waals surface area (Å²) in [6, 6.07) is 18.2. The van der Waals surface area contributed by atoms with Crippen LogP contribution < -0.4 is 14.4 Å². The smallest absolute Gasteiger partial charge is 0.264 e. The molecule has 0 spiro atoms. The second kappa shape index (κ2) is 13.7. The summed E-state index contributed by atoms with van der Waals surface area (Å²) < 4.78 is 34.1. The van der Waals surface area contributed by atoms with E-state index < -0.39 is 34.4 Å². The fraction of sp³-hybridized carbons (Fsp3) is 0.286. The van der Waals surface area contributed by atoms with Crippen molar-refractivity contribution in [1.29, 1.82) is 0 Å². The molecule has 0 aliphatic rings. The highest BCUT2D eigenvalue weighted by Gasteiger charge is 2.33. The quantitative estimate of drug-likeness (QED) is 0.314. The molecule has 39 heavy (non-hydrogen) atoms. The zero-order chi connectivity index (χ0) is 28.6. The van der Waals surface area contributed by atoms with E-state index in [1.54, 1.807) is 74.5 Å². The first-order valence-corrected chi connectivity index (χ1v) is 14.6. The molecule has 0 aliphatic carbocycles. The zero-order valence-electron chi connectivity index (χ0n) is 21.9. The first-order chi connectivity index (χ1) is 18.6. The summed E-state index contributed by atoms with van der Waals surface area (Å²) in [7, 11) is -4.16. The highest BCUT2D eigenvalue weighted by atomic mass is 35.5. The molecular formula is C28H31Cl2N3O5S. The minimum Gasteiger partial charge on any atom is -0.494 e. The van der Waals surface area contributed by atoms with Gasteiger partial charge in [-0.1, -0.05) is 47.5 Å². The number of hydrogen-bond donors (Lipinski definition) is 1.